The molecule has 0 radical (unpaired) electrons. The summed E-state index contributed by atoms with van der Waals surface area (Å²) in [6.07, 6.45) is -5.35. The Morgan fingerprint density at radius 1 is 0.741 bits per heavy atom. The molecule has 7 atom stereocenters. The van der Waals surface area contributed by atoms with Crippen LogP contribution >= 0.6 is 0 Å². The van der Waals surface area contributed by atoms with E-state index in [2.05, 4.69) is 0 Å². The molecule has 0 aliphatic carbocycles. The molecule has 310 valence electrons. The molecule has 5 rings (SSSR count). The summed E-state index contributed by atoms with van der Waals surface area (Å²) in [6, 6.07) is 17.1. The molecule has 1 fully saturated rings. The van der Waals surface area contributed by atoms with E-state index in [1.165, 1.54) is 54.6 Å². The van der Waals surface area contributed by atoms with Gasteiger partial charge < -0.3 is 69.3 Å². The third-order valence-corrected chi connectivity index (χ3v) is 9.19. The summed E-state index contributed by atoms with van der Waals surface area (Å²) in [4.78, 5) is 39.7. The molecule has 17 heteroatoms. The van der Waals surface area contributed by atoms with Gasteiger partial charge in [0.2, 0.25) is 6.29 Å². The van der Waals surface area contributed by atoms with E-state index in [1.807, 2.05) is 6.07 Å². The number of carbonyl (C=O) groups excluding carboxylic acids is 3. The monoisotopic (exact) mass is 808 g/mol. The Morgan fingerprint density at radius 2 is 1.38 bits per heavy atom. The summed E-state index contributed by atoms with van der Waals surface area (Å²) >= 11 is 0. The first-order chi connectivity index (χ1) is 27.8. The molecule has 17 nitrogen and oxygen atoms in total. The second-order valence-electron chi connectivity index (χ2n) is 13.2. The van der Waals surface area contributed by atoms with Crippen LogP contribution < -0.4 is 0 Å². The highest BCUT2D eigenvalue weighted by molar-refractivity contribution is 5.91. The maximum atomic E-state index is 13.6. The van der Waals surface area contributed by atoms with Gasteiger partial charge in [-0.1, -0.05) is 42.5 Å². The molecular formula is C41H44O17. The smallest absolute Gasteiger partial charge is 0.337 e. The minimum atomic E-state index is -1.86. The summed E-state index contributed by atoms with van der Waals surface area (Å²) in [6.45, 7) is -1.60. The number of aliphatic hydroxyl groups excluding tert-OH is 4. The van der Waals surface area contributed by atoms with Crippen molar-refractivity contribution in [2.45, 2.75) is 56.3 Å². The van der Waals surface area contributed by atoms with Crippen molar-refractivity contribution in [2.75, 3.05) is 26.4 Å². The Kier molecular flexibility index (Phi) is 15.2. The number of aliphatic hydroxyl groups is 4. The Balaban J connectivity index is 1.40. The second kappa shape index (κ2) is 20.5. The molecule has 2 aliphatic rings. The number of ether oxygens (including phenoxy) is 6. The zero-order valence-corrected chi connectivity index (χ0v) is 30.9. The average Bonchev–Trinajstić information content (AvgIpc) is 3.21. The van der Waals surface area contributed by atoms with Crippen LogP contribution in [0.3, 0.4) is 0 Å². The molecule has 3 aromatic rings. The van der Waals surface area contributed by atoms with Gasteiger partial charge in [-0.05, 0) is 53.1 Å². The van der Waals surface area contributed by atoms with Gasteiger partial charge in [-0.15, -0.1) is 0 Å². The van der Waals surface area contributed by atoms with Crippen molar-refractivity contribution in [1.29, 1.82) is 0 Å². The normalized spacial score (nSPS) is 23.8. The summed E-state index contributed by atoms with van der Waals surface area (Å²) in [5.74, 6) is -5.17. The fourth-order valence-electron chi connectivity index (χ4n) is 6.01. The predicted molar refractivity (Wildman–Crippen MR) is 199 cm³/mol. The van der Waals surface area contributed by atoms with Crippen LogP contribution in [0.2, 0.25) is 0 Å². The van der Waals surface area contributed by atoms with Crippen molar-refractivity contribution >= 4 is 24.0 Å². The van der Waals surface area contributed by atoms with Gasteiger partial charge in [0.05, 0.1) is 38.1 Å². The van der Waals surface area contributed by atoms with Gasteiger partial charge in [-0.2, -0.15) is 0 Å². The number of carbonyl (C=O) groups is 3. The lowest BCUT2D eigenvalue weighted by molar-refractivity contribution is -0.327. The number of benzene rings is 3. The highest BCUT2D eigenvalue weighted by Crippen LogP contribution is 2.37. The number of hydrogen-bond acceptors (Lipinski definition) is 17. The molecule has 3 aromatic carbocycles. The van der Waals surface area contributed by atoms with Crippen molar-refractivity contribution in [2.24, 2.45) is 5.92 Å². The van der Waals surface area contributed by atoms with Crippen LogP contribution in [0.1, 0.15) is 23.1 Å². The van der Waals surface area contributed by atoms with Gasteiger partial charge in [0, 0.05) is 30.4 Å². The van der Waals surface area contributed by atoms with E-state index in [0.29, 0.717) is 11.1 Å². The highest BCUT2D eigenvalue weighted by atomic mass is 16.8. The summed E-state index contributed by atoms with van der Waals surface area (Å²) in [7, 11) is 0. The van der Waals surface area contributed by atoms with Crippen molar-refractivity contribution in [3.8, 4) is 23.0 Å². The standard InChI is InChI=1S/C41H44O17/c42-21-33-36(49)37(50)38(51)41(57-33)58-40-26(14-17-53-34(47)11-8-23-4-2-1-3-5-23)27(20-35(48)54-15-12-24-6-9-29(43)31(45)18-24)28(22-56-40)39(52)55-16-13-25-7-10-30(44)32(46)19-25/h1-11,14,18-19,22,27,33,36-38,40-46,49-51H,12-13,15-17,20-21H2/b11-8+,26-14-/t27-,33+,36+,37-,38+,40+,41-/m0/s1. The first-order valence-corrected chi connectivity index (χ1v) is 18.1. The van der Waals surface area contributed by atoms with Gasteiger partial charge in [0.1, 0.15) is 31.0 Å². The topological polar surface area (TPSA) is 268 Å². The number of hydrogen-bond donors (Lipinski definition) is 8. The van der Waals surface area contributed by atoms with E-state index in [0.717, 1.165) is 11.8 Å². The lowest BCUT2D eigenvalue weighted by Crippen LogP contribution is -2.60. The maximum absolute atomic E-state index is 13.6. The SMILES string of the molecule is O=C(/C=C/c1ccccc1)OC/C=C1\[C@@H](O[C@@H]2O[C@H](CO)[C@@H](O)[C@H](O)[C@H]2O)OC=C(C(=O)OCCc2ccc(O)c(O)c2)[C@H]1CC(=O)OCCc1ccc(O)c(O)c1. The van der Waals surface area contributed by atoms with Gasteiger partial charge in [0.25, 0.3) is 0 Å². The van der Waals surface area contributed by atoms with Crippen LogP contribution in [-0.2, 0) is 55.6 Å². The fraction of sp³-hybridized carbons (Fsp3) is 0.341. The summed E-state index contributed by atoms with van der Waals surface area (Å²) < 4.78 is 33.5. The molecule has 0 bridgehead atoms. The maximum Gasteiger partial charge on any atom is 0.337 e. The molecule has 0 amide bonds. The Hall–Kier alpha value is -5.95. The van der Waals surface area contributed by atoms with Crippen LogP contribution in [0.4, 0.5) is 0 Å². The molecule has 1 saturated heterocycles. The van der Waals surface area contributed by atoms with Gasteiger partial charge in [-0.3, -0.25) is 4.79 Å². The first-order valence-electron chi connectivity index (χ1n) is 18.1. The van der Waals surface area contributed by atoms with E-state index in [-0.39, 0.29) is 60.2 Å². The predicted octanol–water partition coefficient (Wildman–Crippen LogP) is 1.63. The van der Waals surface area contributed by atoms with E-state index < -0.39 is 80.5 Å². The number of rotatable bonds is 16. The Morgan fingerprint density at radius 3 is 2.00 bits per heavy atom. The molecular weight excluding hydrogens is 764 g/mol. The lowest BCUT2D eigenvalue weighted by Gasteiger charge is -2.42. The zero-order chi connectivity index (χ0) is 41.8. The summed E-state index contributed by atoms with van der Waals surface area (Å²) in [5.41, 5.74) is 1.58. The third-order valence-electron chi connectivity index (χ3n) is 9.19. The average molecular weight is 809 g/mol. The molecule has 8 N–H and O–H groups in total. The van der Waals surface area contributed by atoms with Crippen molar-refractivity contribution < 1.29 is 83.7 Å². The van der Waals surface area contributed by atoms with Crippen molar-refractivity contribution in [3.05, 3.63) is 113 Å². The minimum absolute atomic E-state index is 0.00453. The van der Waals surface area contributed by atoms with E-state index in [4.69, 9.17) is 28.4 Å². The molecule has 0 aromatic heterocycles. The minimum Gasteiger partial charge on any atom is -0.504 e. The fourth-order valence-corrected chi connectivity index (χ4v) is 6.01. The molecule has 0 saturated carbocycles. The van der Waals surface area contributed by atoms with E-state index in [9.17, 15) is 55.2 Å². The van der Waals surface area contributed by atoms with Gasteiger partial charge in [0.15, 0.2) is 29.3 Å². The Bertz CT molecular complexity index is 1970. The van der Waals surface area contributed by atoms with Gasteiger partial charge in [-0.25, -0.2) is 9.59 Å². The molecule has 2 aliphatic heterocycles. The van der Waals surface area contributed by atoms with Crippen LogP contribution in [0.5, 0.6) is 23.0 Å². The third kappa shape index (κ3) is 11.6. The van der Waals surface area contributed by atoms with Crippen LogP contribution in [0.15, 0.2) is 96.3 Å². The Labute approximate surface area is 331 Å². The lowest BCUT2D eigenvalue weighted by atomic mass is 9.86. The van der Waals surface area contributed by atoms with Crippen LogP contribution in [0.25, 0.3) is 6.08 Å². The number of aromatic hydroxyl groups is 4. The quantitative estimate of drug-likeness (QED) is 0.0336. The molecule has 0 unspecified atom stereocenters. The van der Waals surface area contributed by atoms with Crippen LogP contribution in [-0.4, -0.2) is 122 Å². The van der Waals surface area contributed by atoms with Crippen LogP contribution in [0, 0.1) is 5.92 Å². The van der Waals surface area contributed by atoms with E-state index >= 15 is 0 Å². The highest BCUT2D eigenvalue weighted by Gasteiger charge is 2.47. The second-order valence-corrected chi connectivity index (χ2v) is 13.2. The molecule has 2 heterocycles. The number of phenolic OH excluding ortho intramolecular Hbond substituents is 4. The van der Waals surface area contributed by atoms with Gasteiger partial charge >= 0.3 is 17.9 Å². The zero-order valence-electron chi connectivity index (χ0n) is 30.9. The number of esters is 3. The molecule has 0 spiro atoms. The number of phenols is 4. The van der Waals surface area contributed by atoms with E-state index in [1.54, 1.807) is 24.3 Å². The van der Waals surface area contributed by atoms with Crippen molar-refractivity contribution in [1.82, 2.24) is 0 Å². The first kappa shape index (κ1) is 43.2. The van der Waals surface area contributed by atoms with Crippen molar-refractivity contribution in [3.63, 3.8) is 0 Å². The largest absolute Gasteiger partial charge is 0.504 e. The summed E-state index contributed by atoms with van der Waals surface area (Å²) in [5, 5.41) is 80.0. The molecule has 58 heavy (non-hydrogen) atoms.